The standard InChI is InChI=1S/C17H20ClF3N2O5S/c1-2-29(26,27)23-8-6-11(7-9-23)16(25)28-10-14(24)22-15-12(17(19,20)21)4-3-5-13(15)18/h3-5,11H,2,6-10H2,1H3,(H,22,24). The minimum atomic E-state index is -4.73. The second kappa shape index (κ2) is 9.31. The molecule has 12 heteroatoms. The van der Waals surface area contributed by atoms with Crippen LogP contribution < -0.4 is 5.32 Å². The average Bonchev–Trinajstić information content (AvgIpc) is 2.67. The van der Waals surface area contributed by atoms with Gasteiger partial charge in [-0.2, -0.15) is 13.2 Å². The summed E-state index contributed by atoms with van der Waals surface area (Å²) in [5.74, 6) is -2.30. The number of sulfonamides is 1. The Hall–Kier alpha value is -1.85. The zero-order valence-corrected chi connectivity index (χ0v) is 17.0. The van der Waals surface area contributed by atoms with Crippen LogP contribution in [-0.2, 0) is 30.5 Å². The number of nitrogens with zero attached hydrogens (tertiary/aromatic N) is 1. The van der Waals surface area contributed by atoms with Crippen molar-refractivity contribution < 1.29 is 35.9 Å². The lowest BCUT2D eigenvalue weighted by Gasteiger charge is -2.29. The lowest BCUT2D eigenvalue weighted by molar-refractivity contribution is -0.152. The van der Waals surface area contributed by atoms with Crippen molar-refractivity contribution in [3.63, 3.8) is 0 Å². The van der Waals surface area contributed by atoms with Gasteiger partial charge in [0.15, 0.2) is 6.61 Å². The van der Waals surface area contributed by atoms with Gasteiger partial charge in [0.1, 0.15) is 0 Å². The number of piperidine rings is 1. The molecule has 29 heavy (non-hydrogen) atoms. The van der Waals surface area contributed by atoms with E-state index in [0.29, 0.717) is 0 Å². The number of hydrogen-bond donors (Lipinski definition) is 1. The fraction of sp³-hybridized carbons (Fsp3) is 0.529. The molecular formula is C17H20ClF3N2O5S. The number of carbonyl (C=O) groups excluding carboxylic acids is 2. The Kier molecular flexibility index (Phi) is 7.52. The third kappa shape index (κ3) is 6.06. The third-order valence-electron chi connectivity index (χ3n) is 4.47. The van der Waals surface area contributed by atoms with Crippen molar-refractivity contribution in [2.75, 3.05) is 30.8 Å². The van der Waals surface area contributed by atoms with E-state index < -0.39 is 51.9 Å². The quantitative estimate of drug-likeness (QED) is 0.664. The maximum Gasteiger partial charge on any atom is 0.418 e. The summed E-state index contributed by atoms with van der Waals surface area (Å²) in [5.41, 5.74) is -1.73. The van der Waals surface area contributed by atoms with Crippen molar-refractivity contribution >= 4 is 39.2 Å². The number of amides is 1. The number of hydrogen-bond acceptors (Lipinski definition) is 5. The summed E-state index contributed by atoms with van der Waals surface area (Å²) < 4.78 is 68.9. The van der Waals surface area contributed by atoms with E-state index in [0.717, 1.165) is 12.1 Å². The van der Waals surface area contributed by atoms with Crippen molar-refractivity contribution in [3.8, 4) is 0 Å². The molecule has 1 heterocycles. The second-order valence-corrected chi connectivity index (χ2v) is 9.05. The molecule has 1 amide bonds. The smallest absolute Gasteiger partial charge is 0.418 e. The first-order chi connectivity index (χ1) is 13.5. The molecule has 0 radical (unpaired) electrons. The summed E-state index contributed by atoms with van der Waals surface area (Å²) in [6.07, 6.45) is -4.25. The Morgan fingerprint density at radius 2 is 1.90 bits per heavy atom. The maximum atomic E-state index is 13.0. The van der Waals surface area contributed by atoms with E-state index in [2.05, 4.69) is 0 Å². The fourth-order valence-electron chi connectivity index (χ4n) is 2.87. The molecule has 0 aliphatic carbocycles. The highest BCUT2D eigenvalue weighted by atomic mass is 35.5. The van der Waals surface area contributed by atoms with Crippen LogP contribution in [0.15, 0.2) is 18.2 Å². The Morgan fingerprint density at radius 1 is 1.28 bits per heavy atom. The van der Waals surface area contributed by atoms with Crippen molar-refractivity contribution in [2.45, 2.75) is 25.9 Å². The number of esters is 1. The molecule has 0 atom stereocenters. The second-order valence-electron chi connectivity index (χ2n) is 6.39. The molecular weight excluding hydrogens is 437 g/mol. The Labute approximate surface area is 171 Å². The van der Waals surface area contributed by atoms with Crippen LogP contribution in [0.25, 0.3) is 0 Å². The van der Waals surface area contributed by atoms with Gasteiger partial charge in [-0.05, 0) is 31.9 Å². The third-order valence-corrected chi connectivity index (χ3v) is 6.67. The van der Waals surface area contributed by atoms with E-state index >= 15 is 0 Å². The van der Waals surface area contributed by atoms with Gasteiger partial charge in [0.05, 0.1) is 27.9 Å². The zero-order valence-electron chi connectivity index (χ0n) is 15.5. The Bertz CT molecular complexity index is 868. The molecule has 1 saturated heterocycles. The lowest BCUT2D eigenvalue weighted by atomic mass is 9.98. The number of carbonyl (C=O) groups is 2. The van der Waals surface area contributed by atoms with Crippen LogP contribution in [0, 0.1) is 5.92 Å². The highest BCUT2D eigenvalue weighted by Gasteiger charge is 2.35. The average molecular weight is 457 g/mol. The normalized spacial score (nSPS) is 16.4. The van der Waals surface area contributed by atoms with Gasteiger partial charge in [0.2, 0.25) is 10.0 Å². The molecule has 2 rings (SSSR count). The van der Waals surface area contributed by atoms with Gasteiger partial charge in [-0.1, -0.05) is 17.7 Å². The van der Waals surface area contributed by atoms with E-state index in [1.807, 2.05) is 5.32 Å². The van der Waals surface area contributed by atoms with Crippen LogP contribution in [0.2, 0.25) is 5.02 Å². The van der Waals surface area contributed by atoms with Gasteiger partial charge in [-0.3, -0.25) is 9.59 Å². The number of ether oxygens (including phenoxy) is 1. The first-order valence-electron chi connectivity index (χ1n) is 8.75. The van der Waals surface area contributed by atoms with Crippen molar-refractivity contribution in [2.24, 2.45) is 5.92 Å². The first kappa shape index (κ1) is 23.4. The van der Waals surface area contributed by atoms with Crippen LogP contribution in [0.5, 0.6) is 0 Å². The molecule has 0 unspecified atom stereocenters. The zero-order chi connectivity index (χ0) is 21.8. The van der Waals surface area contributed by atoms with Gasteiger partial charge in [0, 0.05) is 13.1 Å². The van der Waals surface area contributed by atoms with E-state index in [4.69, 9.17) is 16.3 Å². The number of halogens is 4. The van der Waals surface area contributed by atoms with Crippen LogP contribution >= 0.6 is 11.6 Å². The summed E-state index contributed by atoms with van der Waals surface area (Å²) in [7, 11) is -3.34. The van der Waals surface area contributed by atoms with Gasteiger partial charge in [0.25, 0.3) is 5.91 Å². The lowest BCUT2D eigenvalue weighted by Crippen LogP contribution is -2.41. The molecule has 0 saturated carbocycles. The van der Waals surface area contributed by atoms with Gasteiger partial charge < -0.3 is 10.1 Å². The van der Waals surface area contributed by atoms with Gasteiger partial charge in [-0.15, -0.1) is 0 Å². The Balaban J connectivity index is 1.90. The molecule has 0 aromatic heterocycles. The van der Waals surface area contributed by atoms with Crippen LogP contribution in [0.3, 0.4) is 0 Å². The summed E-state index contributed by atoms with van der Waals surface area (Å²) in [5, 5.41) is 1.72. The van der Waals surface area contributed by atoms with E-state index in [1.165, 1.54) is 17.3 Å². The Morgan fingerprint density at radius 3 is 2.45 bits per heavy atom. The molecule has 1 aliphatic heterocycles. The number of para-hydroxylation sites is 1. The van der Waals surface area contributed by atoms with Crippen LogP contribution in [0.1, 0.15) is 25.3 Å². The number of nitrogens with one attached hydrogen (secondary N) is 1. The monoisotopic (exact) mass is 456 g/mol. The van der Waals surface area contributed by atoms with E-state index in [-0.39, 0.29) is 36.7 Å². The summed E-state index contributed by atoms with van der Waals surface area (Å²) in [4.78, 5) is 24.0. The predicted molar refractivity (Wildman–Crippen MR) is 99.8 cm³/mol. The summed E-state index contributed by atoms with van der Waals surface area (Å²) >= 11 is 5.75. The molecule has 7 nitrogen and oxygen atoms in total. The predicted octanol–water partition coefficient (Wildman–Crippen LogP) is 2.90. The van der Waals surface area contributed by atoms with Gasteiger partial charge >= 0.3 is 12.1 Å². The minimum Gasteiger partial charge on any atom is -0.455 e. The topological polar surface area (TPSA) is 92.8 Å². The molecule has 0 bridgehead atoms. The highest BCUT2D eigenvalue weighted by molar-refractivity contribution is 7.89. The van der Waals surface area contributed by atoms with Crippen molar-refractivity contribution in [1.82, 2.24) is 4.31 Å². The van der Waals surface area contributed by atoms with E-state index in [9.17, 15) is 31.2 Å². The summed E-state index contributed by atoms with van der Waals surface area (Å²) in [6.45, 7) is 1.07. The largest absolute Gasteiger partial charge is 0.455 e. The van der Waals surface area contributed by atoms with Crippen molar-refractivity contribution in [1.29, 1.82) is 0 Å². The maximum absolute atomic E-state index is 13.0. The van der Waals surface area contributed by atoms with Crippen LogP contribution in [0.4, 0.5) is 18.9 Å². The van der Waals surface area contributed by atoms with E-state index in [1.54, 1.807) is 0 Å². The van der Waals surface area contributed by atoms with Crippen LogP contribution in [-0.4, -0.2) is 50.0 Å². The molecule has 162 valence electrons. The minimum absolute atomic E-state index is 0.0375. The number of rotatable bonds is 6. The molecule has 1 aliphatic rings. The number of alkyl halides is 3. The first-order valence-corrected chi connectivity index (χ1v) is 10.7. The number of anilines is 1. The summed E-state index contributed by atoms with van der Waals surface area (Å²) in [6, 6.07) is 3.06. The SMILES string of the molecule is CCS(=O)(=O)N1CCC(C(=O)OCC(=O)Nc2c(Cl)cccc2C(F)(F)F)CC1. The molecule has 1 aromatic rings. The fourth-order valence-corrected chi connectivity index (χ4v) is 4.22. The van der Waals surface area contributed by atoms with Crippen molar-refractivity contribution in [3.05, 3.63) is 28.8 Å². The highest BCUT2D eigenvalue weighted by Crippen LogP contribution is 2.38. The molecule has 1 N–H and O–H groups in total. The van der Waals surface area contributed by atoms with Gasteiger partial charge in [-0.25, -0.2) is 12.7 Å². The molecule has 0 spiro atoms. The molecule has 1 aromatic carbocycles. The number of benzene rings is 1. The molecule has 1 fully saturated rings.